The summed E-state index contributed by atoms with van der Waals surface area (Å²) in [5.74, 6) is 0. The molecular formula is C6H10Rh. The van der Waals surface area contributed by atoms with E-state index in [2.05, 4.69) is 42.9 Å². The molecule has 0 atom stereocenters. The molecule has 0 bridgehead atoms. The standard InChI is InChI=1S/C6H10.Rh/c1-5-6(2,3)4;/h5H,2-4H3;. The zero-order valence-corrected chi connectivity index (χ0v) is 6.55. The summed E-state index contributed by atoms with van der Waals surface area (Å²) < 4.78 is 2.87. The summed E-state index contributed by atoms with van der Waals surface area (Å²) in [4.78, 5) is 0. The van der Waals surface area contributed by atoms with E-state index in [1.165, 1.54) is 0 Å². The van der Waals surface area contributed by atoms with Gasteiger partial charge in [-0.15, -0.1) is 0 Å². The summed E-state index contributed by atoms with van der Waals surface area (Å²) in [6.07, 6.45) is 2.01. The summed E-state index contributed by atoms with van der Waals surface area (Å²) in [5.41, 5.74) is 0.287. The van der Waals surface area contributed by atoms with E-state index in [1.807, 2.05) is 6.08 Å². The molecule has 0 nitrogen and oxygen atoms in total. The molecule has 0 aliphatic rings. The quantitative estimate of drug-likeness (QED) is 0.502. The van der Waals surface area contributed by atoms with Crippen LogP contribution in [0, 0.1) is 5.41 Å². The second-order valence-corrected chi connectivity index (χ2v) is 3.08. The molecule has 0 amide bonds. The Labute approximate surface area is 54.8 Å². The van der Waals surface area contributed by atoms with Gasteiger partial charge in [-0.25, -0.2) is 0 Å². The van der Waals surface area contributed by atoms with Crippen LogP contribution in [0.1, 0.15) is 20.8 Å². The Kier molecular flexibility index (Phi) is 2.65. The van der Waals surface area contributed by atoms with E-state index in [-0.39, 0.29) is 5.41 Å². The van der Waals surface area contributed by atoms with Crippen molar-refractivity contribution in [1.82, 2.24) is 0 Å². The summed E-state index contributed by atoms with van der Waals surface area (Å²) in [7, 11) is 0. The van der Waals surface area contributed by atoms with Gasteiger partial charge in [-0.3, -0.25) is 0 Å². The SMILES string of the molecule is CC(C)(C)C=[C]=[Rh]. The average Bonchev–Trinajstić information content (AvgIpc) is 1.30. The predicted octanol–water partition coefficient (Wildman–Crippen LogP) is 1.54. The first kappa shape index (κ1) is 7.27. The van der Waals surface area contributed by atoms with E-state index in [4.69, 9.17) is 0 Å². The van der Waals surface area contributed by atoms with Crippen molar-refractivity contribution in [3.05, 3.63) is 6.08 Å². The van der Waals surface area contributed by atoms with Crippen LogP contribution >= 0.6 is 0 Å². The van der Waals surface area contributed by atoms with Gasteiger partial charge in [0.15, 0.2) is 0 Å². The van der Waals surface area contributed by atoms with E-state index >= 15 is 0 Å². The predicted molar refractivity (Wildman–Crippen MR) is 29.0 cm³/mol. The molecule has 0 aromatic rings. The van der Waals surface area contributed by atoms with Gasteiger partial charge in [0, 0.05) is 0 Å². The number of hydrogen-bond donors (Lipinski definition) is 0. The molecule has 0 aromatic heterocycles. The molecule has 1 heteroatoms. The zero-order valence-electron chi connectivity index (χ0n) is 4.91. The van der Waals surface area contributed by atoms with E-state index < -0.39 is 0 Å². The third-order valence-electron chi connectivity index (χ3n) is 0.481. The topological polar surface area (TPSA) is 0 Å². The monoisotopic (exact) mass is 185 g/mol. The van der Waals surface area contributed by atoms with Crippen LogP contribution in [0.4, 0.5) is 0 Å². The van der Waals surface area contributed by atoms with Crippen molar-refractivity contribution in [3.63, 3.8) is 0 Å². The molecule has 0 aliphatic heterocycles. The van der Waals surface area contributed by atoms with E-state index in [9.17, 15) is 0 Å². The molecule has 0 N–H and O–H groups in total. The van der Waals surface area contributed by atoms with E-state index in [0.29, 0.717) is 0 Å². The van der Waals surface area contributed by atoms with Gasteiger partial charge in [0.2, 0.25) is 0 Å². The maximum absolute atomic E-state index is 2.87. The first-order valence-electron chi connectivity index (χ1n) is 2.24. The van der Waals surface area contributed by atoms with E-state index in [1.54, 1.807) is 0 Å². The number of allylic oxidation sites excluding steroid dienone is 1. The van der Waals surface area contributed by atoms with Crippen molar-refractivity contribution in [3.8, 4) is 0 Å². The van der Waals surface area contributed by atoms with Crippen LogP contribution in [0.2, 0.25) is 0 Å². The van der Waals surface area contributed by atoms with Gasteiger partial charge in [0.05, 0.1) is 0 Å². The normalized spacial score (nSPS) is 10.3. The summed E-state index contributed by atoms with van der Waals surface area (Å²) >= 11 is 2.60. The molecule has 43 valence electrons. The van der Waals surface area contributed by atoms with Gasteiger partial charge in [0.1, 0.15) is 0 Å². The Hall–Kier alpha value is 0.273. The number of rotatable bonds is 0. The fraction of sp³-hybridized carbons (Fsp3) is 0.667. The van der Waals surface area contributed by atoms with Gasteiger partial charge in [-0.05, 0) is 0 Å². The van der Waals surface area contributed by atoms with Gasteiger partial charge < -0.3 is 0 Å². The number of hydrogen-bond acceptors (Lipinski definition) is 0. The summed E-state index contributed by atoms with van der Waals surface area (Å²) in [6, 6.07) is 0. The van der Waals surface area contributed by atoms with Crippen LogP contribution in [-0.2, 0) is 17.9 Å². The molecule has 0 rings (SSSR count). The van der Waals surface area contributed by atoms with Crippen LogP contribution in [-0.4, -0.2) is 4.26 Å². The molecule has 0 spiro atoms. The molecule has 0 aliphatic carbocycles. The van der Waals surface area contributed by atoms with Gasteiger partial charge in [0.25, 0.3) is 0 Å². The van der Waals surface area contributed by atoms with Crippen LogP contribution in [0.15, 0.2) is 6.08 Å². The first-order valence-corrected chi connectivity index (χ1v) is 3.06. The Morgan fingerprint density at radius 3 is 1.86 bits per heavy atom. The summed E-state index contributed by atoms with van der Waals surface area (Å²) in [5, 5.41) is 0. The van der Waals surface area contributed by atoms with Crippen LogP contribution < -0.4 is 0 Å². The molecule has 0 radical (unpaired) electrons. The molecule has 0 unspecified atom stereocenters. The Bertz CT molecular complexity index is 91.2. The molecule has 0 heterocycles. The van der Waals surface area contributed by atoms with Gasteiger partial charge in [-0.1, -0.05) is 0 Å². The van der Waals surface area contributed by atoms with Crippen molar-refractivity contribution in [2.45, 2.75) is 20.8 Å². The van der Waals surface area contributed by atoms with Crippen molar-refractivity contribution in [1.29, 1.82) is 0 Å². The van der Waals surface area contributed by atoms with Crippen molar-refractivity contribution < 1.29 is 17.9 Å². The minimum absolute atomic E-state index is 0.287. The molecule has 7 heavy (non-hydrogen) atoms. The van der Waals surface area contributed by atoms with Crippen molar-refractivity contribution in [2.75, 3.05) is 0 Å². The molecule has 0 fully saturated rings. The second-order valence-electron chi connectivity index (χ2n) is 2.61. The Morgan fingerprint density at radius 2 is 1.86 bits per heavy atom. The summed E-state index contributed by atoms with van der Waals surface area (Å²) in [6.45, 7) is 6.42. The Morgan fingerprint density at radius 1 is 1.43 bits per heavy atom. The average molecular weight is 185 g/mol. The van der Waals surface area contributed by atoms with Crippen LogP contribution in [0.3, 0.4) is 0 Å². The fourth-order valence-electron chi connectivity index (χ4n) is 0.144. The third-order valence-corrected chi connectivity index (χ3v) is 0.718. The van der Waals surface area contributed by atoms with Crippen LogP contribution in [0.5, 0.6) is 0 Å². The molecule has 0 saturated carbocycles. The van der Waals surface area contributed by atoms with Crippen molar-refractivity contribution >= 4 is 4.26 Å². The van der Waals surface area contributed by atoms with Crippen LogP contribution in [0.25, 0.3) is 0 Å². The van der Waals surface area contributed by atoms with Crippen molar-refractivity contribution in [2.24, 2.45) is 5.41 Å². The zero-order chi connectivity index (χ0) is 5.91. The molecular weight excluding hydrogens is 175 g/mol. The molecule has 0 aromatic carbocycles. The van der Waals surface area contributed by atoms with Gasteiger partial charge in [-0.2, -0.15) is 0 Å². The fourth-order valence-corrected chi connectivity index (χ4v) is 0.854. The van der Waals surface area contributed by atoms with Gasteiger partial charge >= 0.3 is 54.4 Å². The second kappa shape index (κ2) is 2.55. The molecule has 0 saturated heterocycles. The minimum atomic E-state index is 0.287. The maximum atomic E-state index is 2.87. The Balaban J connectivity index is 3.80. The first-order chi connectivity index (χ1) is 3.06. The third kappa shape index (κ3) is 6.27. The van der Waals surface area contributed by atoms with E-state index in [0.717, 1.165) is 0 Å².